The SMILES string of the molecule is CC(C)(C)OC(=O)NC1S[C@@H]2CC(=O)N2C(C(=O)OC(c2ccccc2)c2ccccc2)=C1/C=C/Sc1ccn2nccc2n1. The molecule has 2 atom stereocenters. The van der Waals surface area contributed by atoms with Crippen LogP contribution in [-0.2, 0) is 19.1 Å². The number of amides is 2. The first-order chi connectivity index (χ1) is 21.7. The van der Waals surface area contributed by atoms with Gasteiger partial charge in [0, 0.05) is 17.8 Å². The van der Waals surface area contributed by atoms with Gasteiger partial charge in [0.15, 0.2) is 11.8 Å². The van der Waals surface area contributed by atoms with E-state index in [1.54, 1.807) is 55.2 Å². The Bertz CT molecular complexity index is 1750. The summed E-state index contributed by atoms with van der Waals surface area (Å²) in [5.74, 6) is -0.872. The van der Waals surface area contributed by atoms with Crippen LogP contribution in [0.25, 0.3) is 5.65 Å². The number of thioether (sulfide) groups is 2. The summed E-state index contributed by atoms with van der Waals surface area (Å²) in [6.07, 6.45) is 4.07. The van der Waals surface area contributed by atoms with Crippen LogP contribution in [0.2, 0.25) is 0 Å². The lowest BCUT2D eigenvalue weighted by Crippen LogP contribution is -2.57. The molecule has 230 valence electrons. The molecule has 2 aliphatic rings. The van der Waals surface area contributed by atoms with Crippen molar-refractivity contribution in [3.8, 4) is 0 Å². The fourth-order valence-electron chi connectivity index (χ4n) is 4.95. The van der Waals surface area contributed by atoms with Crippen LogP contribution in [0.3, 0.4) is 0 Å². The Hall–Kier alpha value is -4.55. The van der Waals surface area contributed by atoms with E-state index in [4.69, 9.17) is 9.47 Å². The molecule has 6 rings (SSSR count). The maximum Gasteiger partial charge on any atom is 0.408 e. The second-order valence-corrected chi connectivity index (χ2v) is 13.5. The van der Waals surface area contributed by atoms with Crippen LogP contribution in [0.15, 0.2) is 113 Å². The standard InChI is InChI=1S/C33H31N5O5S2/c1-33(2,3)43-32(41)36-30-23(16-19-44-25-15-18-37-24(35-25)14-17-34-37)28(38-26(39)20-27(38)45-30)31(40)42-29(21-10-6-4-7-11-21)22-12-8-5-9-13-22/h4-19,27,29-30H,20H2,1-3H3,(H,36,41)/b19-16+/t27-,30?/m1/s1. The second kappa shape index (κ2) is 12.8. The average Bonchev–Trinajstić information content (AvgIpc) is 3.48. The molecule has 1 unspecified atom stereocenters. The molecule has 2 aromatic heterocycles. The van der Waals surface area contributed by atoms with E-state index in [9.17, 15) is 14.4 Å². The van der Waals surface area contributed by atoms with Crippen LogP contribution < -0.4 is 5.32 Å². The van der Waals surface area contributed by atoms with Gasteiger partial charge in [-0.15, -0.1) is 11.8 Å². The van der Waals surface area contributed by atoms with Crippen molar-refractivity contribution >= 4 is 47.1 Å². The number of hydrogen-bond donors (Lipinski definition) is 1. The molecule has 0 bridgehead atoms. The van der Waals surface area contributed by atoms with Gasteiger partial charge in [0.05, 0.1) is 18.0 Å². The number of ether oxygens (including phenoxy) is 2. The quantitative estimate of drug-likeness (QED) is 0.106. The highest BCUT2D eigenvalue weighted by molar-refractivity contribution is 8.02. The molecule has 1 N–H and O–H groups in total. The normalized spacial score (nSPS) is 18.2. The lowest BCUT2D eigenvalue weighted by atomic mass is 10.0. The molecular formula is C33H31N5O5S2. The van der Waals surface area contributed by atoms with Gasteiger partial charge in [-0.25, -0.2) is 19.1 Å². The summed E-state index contributed by atoms with van der Waals surface area (Å²) >= 11 is 2.70. The molecule has 4 aromatic rings. The summed E-state index contributed by atoms with van der Waals surface area (Å²) < 4.78 is 13.4. The van der Waals surface area contributed by atoms with Crippen LogP contribution in [0, 0.1) is 0 Å². The Morgan fingerprint density at radius 2 is 1.73 bits per heavy atom. The number of β-lactam (4-membered cyclic amide) rings is 1. The molecule has 0 radical (unpaired) electrons. The fourth-order valence-corrected chi connectivity index (χ4v) is 6.99. The molecule has 12 heteroatoms. The zero-order chi connectivity index (χ0) is 31.6. The van der Waals surface area contributed by atoms with Gasteiger partial charge in [-0.05, 0) is 49.4 Å². The summed E-state index contributed by atoms with van der Waals surface area (Å²) in [5.41, 5.74) is 2.03. The first-order valence-corrected chi connectivity index (χ1v) is 16.1. The smallest absolute Gasteiger partial charge is 0.408 e. The molecule has 1 saturated heterocycles. The molecule has 1 fully saturated rings. The number of carbonyl (C=O) groups excluding carboxylic acids is 3. The Balaban J connectivity index is 1.38. The minimum Gasteiger partial charge on any atom is -0.448 e. The molecule has 45 heavy (non-hydrogen) atoms. The summed E-state index contributed by atoms with van der Waals surface area (Å²) in [7, 11) is 0. The first-order valence-electron chi connectivity index (χ1n) is 14.3. The Kier molecular flexibility index (Phi) is 8.68. The number of hydrogen-bond acceptors (Lipinski definition) is 9. The van der Waals surface area contributed by atoms with Gasteiger partial charge in [0.25, 0.3) is 0 Å². The number of rotatable bonds is 8. The van der Waals surface area contributed by atoms with Crippen molar-refractivity contribution in [2.75, 3.05) is 0 Å². The number of alkyl carbamates (subject to hydrolysis) is 1. The van der Waals surface area contributed by atoms with E-state index in [2.05, 4.69) is 15.4 Å². The topological polar surface area (TPSA) is 115 Å². The van der Waals surface area contributed by atoms with Crippen LogP contribution in [0.5, 0.6) is 0 Å². The Labute approximate surface area is 268 Å². The molecule has 0 spiro atoms. The summed E-state index contributed by atoms with van der Waals surface area (Å²) in [4.78, 5) is 46.2. The van der Waals surface area contributed by atoms with E-state index in [0.29, 0.717) is 16.2 Å². The lowest BCUT2D eigenvalue weighted by Gasteiger charge is -2.46. The highest BCUT2D eigenvalue weighted by atomic mass is 32.2. The number of benzene rings is 2. The minimum atomic E-state index is -0.726. The number of esters is 1. The first kappa shape index (κ1) is 30.5. The molecule has 2 aliphatic heterocycles. The third kappa shape index (κ3) is 6.91. The van der Waals surface area contributed by atoms with Gasteiger partial charge in [-0.1, -0.05) is 72.4 Å². The van der Waals surface area contributed by atoms with E-state index < -0.39 is 29.1 Å². The zero-order valence-corrected chi connectivity index (χ0v) is 26.5. The predicted octanol–water partition coefficient (Wildman–Crippen LogP) is 6.08. The van der Waals surface area contributed by atoms with E-state index in [1.807, 2.05) is 66.7 Å². The van der Waals surface area contributed by atoms with Crippen LogP contribution >= 0.6 is 23.5 Å². The average molecular weight is 642 g/mol. The van der Waals surface area contributed by atoms with Crippen LogP contribution in [0.4, 0.5) is 4.79 Å². The van der Waals surface area contributed by atoms with Crippen LogP contribution in [-0.4, -0.2) is 53.8 Å². The third-order valence-corrected chi connectivity index (χ3v) is 9.01. The Morgan fingerprint density at radius 3 is 2.38 bits per heavy atom. The maximum atomic E-state index is 14.2. The summed E-state index contributed by atoms with van der Waals surface area (Å²) in [6, 6.07) is 22.5. The number of nitrogens with zero attached hydrogens (tertiary/aromatic N) is 4. The molecule has 4 heterocycles. The Morgan fingerprint density at radius 1 is 1.04 bits per heavy atom. The molecule has 2 amide bonds. The van der Waals surface area contributed by atoms with Gasteiger partial charge in [0.2, 0.25) is 5.91 Å². The summed E-state index contributed by atoms with van der Waals surface area (Å²) in [6.45, 7) is 5.34. The predicted molar refractivity (Wildman–Crippen MR) is 172 cm³/mol. The highest BCUT2D eigenvalue weighted by Crippen LogP contribution is 2.45. The van der Waals surface area contributed by atoms with Crippen molar-refractivity contribution in [3.63, 3.8) is 0 Å². The number of fused-ring (bicyclic) bond motifs is 2. The van der Waals surface area contributed by atoms with Gasteiger partial charge >= 0.3 is 12.1 Å². The zero-order valence-electron chi connectivity index (χ0n) is 24.8. The molecule has 0 aliphatic carbocycles. The lowest BCUT2D eigenvalue weighted by molar-refractivity contribution is -0.151. The monoisotopic (exact) mass is 641 g/mol. The molecule has 2 aromatic carbocycles. The van der Waals surface area contributed by atoms with Crippen molar-refractivity contribution in [2.24, 2.45) is 0 Å². The van der Waals surface area contributed by atoms with Gasteiger partial charge in [-0.3, -0.25) is 9.69 Å². The van der Waals surface area contributed by atoms with Gasteiger partial charge in [0.1, 0.15) is 21.7 Å². The van der Waals surface area contributed by atoms with E-state index >= 15 is 0 Å². The van der Waals surface area contributed by atoms with Crippen molar-refractivity contribution < 1.29 is 23.9 Å². The third-order valence-electron chi connectivity index (χ3n) is 6.94. The van der Waals surface area contributed by atoms with Crippen LogP contribution in [0.1, 0.15) is 44.4 Å². The fraction of sp³-hybridized carbons (Fsp3) is 0.242. The number of aromatic nitrogens is 3. The second-order valence-electron chi connectivity index (χ2n) is 11.3. The minimum absolute atomic E-state index is 0.0870. The van der Waals surface area contributed by atoms with Crippen molar-refractivity contribution in [3.05, 3.63) is 119 Å². The van der Waals surface area contributed by atoms with E-state index in [0.717, 1.165) is 11.1 Å². The number of carbonyl (C=O) groups is 3. The van der Waals surface area contributed by atoms with Crippen molar-refractivity contribution in [2.45, 2.75) is 54.7 Å². The summed E-state index contributed by atoms with van der Waals surface area (Å²) in [5, 5.41) is 8.53. The highest BCUT2D eigenvalue weighted by Gasteiger charge is 2.49. The van der Waals surface area contributed by atoms with Gasteiger partial charge in [-0.2, -0.15) is 5.10 Å². The molecule has 10 nitrogen and oxygen atoms in total. The van der Waals surface area contributed by atoms with Gasteiger partial charge < -0.3 is 14.8 Å². The maximum absolute atomic E-state index is 14.2. The number of nitrogens with one attached hydrogen (secondary N) is 1. The van der Waals surface area contributed by atoms with Crippen molar-refractivity contribution in [1.82, 2.24) is 24.8 Å². The molecular weight excluding hydrogens is 611 g/mol. The van der Waals surface area contributed by atoms with Crippen molar-refractivity contribution in [1.29, 1.82) is 0 Å². The van der Waals surface area contributed by atoms with E-state index in [-0.39, 0.29) is 23.4 Å². The van der Waals surface area contributed by atoms with E-state index in [1.165, 1.54) is 28.4 Å². The molecule has 0 saturated carbocycles. The largest absolute Gasteiger partial charge is 0.448 e.